The van der Waals surface area contributed by atoms with E-state index in [1.165, 1.54) is 18.2 Å². The highest BCUT2D eigenvalue weighted by atomic mass is 16.6. The molecule has 2 rings (SSSR count). The molecular formula is C16H20N2O4. The summed E-state index contributed by atoms with van der Waals surface area (Å²) in [6, 6.07) is 4.99. The molecule has 0 radical (unpaired) electrons. The van der Waals surface area contributed by atoms with Gasteiger partial charge < -0.3 is 10.1 Å². The van der Waals surface area contributed by atoms with Gasteiger partial charge in [0.05, 0.1) is 11.5 Å². The first-order valence-electron chi connectivity index (χ1n) is 7.39. The second-order valence-corrected chi connectivity index (χ2v) is 5.53. The van der Waals surface area contributed by atoms with Crippen molar-refractivity contribution in [1.29, 1.82) is 0 Å². The Labute approximate surface area is 129 Å². The van der Waals surface area contributed by atoms with Crippen molar-refractivity contribution in [1.82, 2.24) is 0 Å². The first-order chi connectivity index (χ1) is 10.5. The van der Waals surface area contributed by atoms with E-state index in [1.54, 1.807) is 19.1 Å². The lowest BCUT2D eigenvalue weighted by molar-refractivity contribution is -0.384. The highest BCUT2D eigenvalue weighted by Gasteiger charge is 2.25. The number of nitrogens with one attached hydrogen (secondary N) is 1. The molecule has 0 heterocycles. The fourth-order valence-corrected chi connectivity index (χ4v) is 2.52. The van der Waals surface area contributed by atoms with Crippen LogP contribution < -0.4 is 5.32 Å². The molecule has 0 unspecified atom stereocenters. The number of benzene rings is 1. The summed E-state index contributed by atoms with van der Waals surface area (Å²) in [7, 11) is 0. The highest BCUT2D eigenvalue weighted by Crippen LogP contribution is 2.32. The van der Waals surface area contributed by atoms with E-state index in [-0.39, 0.29) is 5.69 Å². The molecule has 0 bridgehead atoms. The quantitative estimate of drug-likeness (QED) is 0.377. The van der Waals surface area contributed by atoms with E-state index in [0.29, 0.717) is 24.1 Å². The SMILES string of the molecule is CCOC(=O)/C=C/c1cc([N+](=O)[O-])ccc1NC1CC(C)C1. The van der Waals surface area contributed by atoms with Gasteiger partial charge in [-0.2, -0.15) is 0 Å². The first kappa shape index (κ1) is 16.0. The Morgan fingerprint density at radius 3 is 2.82 bits per heavy atom. The van der Waals surface area contributed by atoms with Crippen LogP contribution >= 0.6 is 0 Å². The molecule has 1 aromatic rings. The molecule has 0 aromatic heterocycles. The monoisotopic (exact) mass is 304 g/mol. The molecule has 1 aliphatic rings. The van der Waals surface area contributed by atoms with Gasteiger partial charge in [-0.25, -0.2) is 4.79 Å². The summed E-state index contributed by atoms with van der Waals surface area (Å²) in [6.07, 6.45) is 5.00. The largest absolute Gasteiger partial charge is 0.463 e. The van der Waals surface area contributed by atoms with Crippen molar-refractivity contribution in [3.8, 4) is 0 Å². The van der Waals surface area contributed by atoms with Gasteiger partial charge in [0.2, 0.25) is 0 Å². The van der Waals surface area contributed by atoms with Gasteiger partial charge in [0.1, 0.15) is 0 Å². The summed E-state index contributed by atoms with van der Waals surface area (Å²) in [5.41, 5.74) is 1.40. The van der Waals surface area contributed by atoms with Crippen LogP contribution in [0.5, 0.6) is 0 Å². The zero-order chi connectivity index (χ0) is 16.1. The summed E-state index contributed by atoms with van der Waals surface area (Å²) >= 11 is 0. The highest BCUT2D eigenvalue weighted by molar-refractivity contribution is 5.88. The molecule has 1 N–H and O–H groups in total. The van der Waals surface area contributed by atoms with Gasteiger partial charge >= 0.3 is 5.97 Å². The average molecular weight is 304 g/mol. The normalized spacial score (nSPS) is 20.5. The van der Waals surface area contributed by atoms with Gasteiger partial charge in [0.25, 0.3) is 5.69 Å². The topological polar surface area (TPSA) is 81.5 Å². The van der Waals surface area contributed by atoms with Gasteiger partial charge in [-0.05, 0) is 37.8 Å². The second-order valence-electron chi connectivity index (χ2n) is 5.53. The van der Waals surface area contributed by atoms with Crippen LogP contribution in [0.25, 0.3) is 6.08 Å². The van der Waals surface area contributed by atoms with Crippen LogP contribution in [-0.4, -0.2) is 23.5 Å². The number of carbonyl (C=O) groups is 1. The molecule has 0 spiro atoms. The Hall–Kier alpha value is -2.37. The number of carbonyl (C=O) groups excluding carboxylic acids is 1. The van der Waals surface area contributed by atoms with E-state index in [0.717, 1.165) is 18.5 Å². The van der Waals surface area contributed by atoms with Crippen molar-refractivity contribution < 1.29 is 14.5 Å². The number of rotatable bonds is 6. The number of ether oxygens (including phenoxy) is 1. The fourth-order valence-electron chi connectivity index (χ4n) is 2.52. The van der Waals surface area contributed by atoms with E-state index in [2.05, 4.69) is 12.2 Å². The Morgan fingerprint density at radius 1 is 1.50 bits per heavy atom. The lowest BCUT2D eigenvalue weighted by atomic mass is 9.81. The van der Waals surface area contributed by atoms with Gasteiger partial charge in [0, 0.05) is 35.5 Å². The van der Waals surface area contributed by atoms with Gasteiger partial charge in [0.15, 0.2) is 0 Å². The Kier molecular flexibility index (Phi) is 5.14. The zero-order valence-electron chi connectivity index (χ0n) is 12.7. The molecule has 118 valence electrons. The molecule has 1 saturated carbocycles. The maximum Gasteiger partial charge on any atom is 0.330 e. The predicted molar refractivity (Wildman–Crippen MR) is 84.6 cm³/mol. The average Bonchev–Trinajstić information content (AvgIpc) is 2.44. The third-order valence-corrected chi connectivity index (χ3v) is 3.66. The number of nitrogens with zero attached hydrogens (tertiary/aromatic N) is 1. The third kappa shape index (κ3) is 4.07. The molecule has 0 saturated heterocycles. The summed E-state index contributed by atoms with van der Waals surface area (Å²) < 4.78 is 4.83. The molecule has 0 amide bonds. The number of hydrogen-bond donors (Lipinski definition) is 1. The molecule has 1 fully saturated rings. The summed E-state index contributed by atoms with van der Waals surface area (Å²) in [5.74, 6) is 0.242. The summed E-state index contributed by atoms with van der Waals surface area (Å²) in [6.45, 7) is 4.21. The number of anilines is 1. The molecular weight excluding hydrogens is 284 g/mol. The van der Waals surface area contributed by atoms with Crippen molar-refractivity contribution >= 4 is 23.4 Å². The minimum Gasteiger partial charge on any atom is -0.463 e. The molecule has 6 nitrogen and oxygen atoms in total. The van der Waals surface area contributed by atoms with Crippen LogP contribution in [0.4, 0.5) is 11.4 Å². The first-order valence-corrected chi connectivity index (χ1v) is 7.39. The fraction of sp³-hybridized carbons (Fsp3) is 0.438. The predicted octanol–water partition coefficient (Wildman–Crippen LogP) is 3.38. The maximum atomic E-state index is 11.4. The molecule has 6 heteroatoms. The molecule has 0 atom stereocenters. The maximum absolute atomic E-state index is 11.4. The number of non-ortho nitro benzene ring substituents is 1. The number of hydrogen-bond acceptors (Lipinski definition) is 5. The number of nitro groups is 1. The Balaban J connectivity index is 2.19. The van der Waals surface area contributed by atoms with Crippen LogP contribution in [0.3, 0.4) is 0 Å². The number of nitro benzene ring substituents is 1. The second kappa shape index (κ2) is 7.06. The Bertz CT molecular complexity index is 592. The van der Waals surface area contributed by atoms with E-state index in [4.69, 9.17) is 4.74 Å². The smallest absolute Gasteiger partial charge is 0.330 e. The third-order valence-electron chi connectivity index (χ3n) is 3.66. The standard InChI is InChI=1S/C16H20N2O4/c1-3-22-16(19)7-4-12-10-14(18(20)21)5-6-15(12)17-13-8-11(2)9-13/h4-7,10-11,13,17H,3,8-9H2,1-2H3/b7-4+. The zero-order valence-corrected chi connectivity index (χ0v) is 12.7. The van der Waals surface area contributed by atoms with Crippen LogP contribution in [0.2, 0.25) is 0 Å². The summed E-state index contributed by atoms with van der Waals surface area (Å²) in [4.78, 5) is 21.9. The molecule has 1 aliphatic carbocycles. The molecule has 0 aliphatic heterocycles. The minimum atomic E-state index is -0.461. The Morgan fingerprint density at radius 2 is 2.23 bits per heavy atom. The summed E-state index contributed by atoms with van der Waals surface area (Å²) in [5, 5.41) is 14.3. The van der Waals surface area contributed by atoms with E-state index >= 15 is 0 Å². The molecule has 1 aromatic carbocycles. The van der Waals surface area contributed by atoms with Crippen molar-refractivity contribution in [2.75, 3.05) is 11.9 Å². The van der Waals surface area contributed by atoms with Gasteiger partial charge in [-0.1, -0.05) is 6.92 Å². The van der Waals surface area contributed by atoms with Crippen molar-refractivity contribution in [3.05, 3.63) is 40.0 Å². The van der Waals surface area contributed by atoms with Crippen LogP contribution in [-0.2, 0) is 9.53 Å². The van der Waals surface area contributed by atoms with Crippen LogP contribution in [0.1, 0.15) is 32.3 Å². The van der Waals surface area contributed by atoms with Gasteiger partial charge in [-0.15, -0.1) is 0 Å². The molecule has 22 heavy (non-hydrogen) atoms. The van der Waals surface area contributed by atoms with Crippen molar-refractivity contribution in [2.24, 2.45) is 5.92 Å². The van der Waals surface area contributed by atoms with Crippen LogP contribution in [0.15, 0.2) is 24.3 Å². The van der Waals surface area contributed by atoms with Crippen LogP contribution in [0, 0.1) is 16.0 Å². The minimum absolute atomic E-state index is 0.00367. The van der Waals surface area contributed by atoms with Crippen molar-refractivity contribution in [2.45, 2.75) is 32.7 Å². The lowest BCUT2D eigenvalue weighted by Crippen LogP contribution is -2.33. The van der Waals surface area contributed by atoms with Gasteiger partial charge in [-0.3, -0.25) is 10.1 Å². The number of esters is 1. The van der Waals surface area contributed by atoms with E-state index in [9.17, 15) is 14.9 Å². The van der Waals surface area contributed by atoms with E-state index in [1.807, 2.05) is 0 Å². The lowest BCUT2D eigenvalue weighted by Gasteiger charge is -2.34. The van der Waals surface area contributed by atoms with E-state index < -0.39 is 10.9 Å². The van der Waals surface area contributed by atoms with Crippen molar-refractivity contribution in [3.63, 3.8) is 0 Å².